The van der Waals surface area contributed by atoms with E-state index in [1.165, 1.54) is 24.3 Å². The Balaban J connectivity index is 3.34. The Kier molecular flexibility index (Phi) is 6.29. The van der Waals surface area contributed by atoms with Crippen LogP contribution in [0.25, 0.3) is 0 Å². The van der Waals surface area contributed by atoms with E-state index in [0.29, 0.717) is 12.8 Å². The Labute approximate surface area is 125 Å². The molecule has 21 heavy (non-hydrogen) atoms. The molecule has 0 aliphatic carbocycles. The molecule has 0 amide bonds. The van der Waals surface area contributed by atoms with E-state index in [-0.39, 0.29) is 16.6 Å². The van der Waals surface area contributed by atoms with E-state index < -0.39 is 20.0 Å². The SMILES string of the molecule is CCCC(NC)C(CC)S(=O)(=O)c1ccccc1[N+](=O)[O-]. The molecule has 0 bridgehead atoms. The van der Waals surface area contributed by atoms with Gasteiger partial charge in [0.15, 0.2) is 9.84 Å². The highest BCUT2D eigenvalue weighted by Gasteiger charge is 2.36. The van der Waals surface area contributed by atoms with Gasteiger partial charge in [-0.05, 0) is 26.0 Å². The van der Waals surface area contributed by atoms with Crippen molar-refractivity contribution in [2.24, 2.45) is 0 Å². The fourth-order valence-corrected chi connectivity index (χ4v) is 4.73. The number of nitrogens with zero attached hydrogens (tertiary/aromatic N) is 1. The van der Waals surface area contributed by atoms with Crippen molar-refractivity contribution in [1.29, 1.82) is 0 Å². The summed E-state index contributed by atoms with van der Waals surface area (Å²) in [4.78, 5) is 10.2. The maximum absolute atomic E-state index is 12.8. The Morgan fingerprint density at radius 1 is 1.29 bits per heavy atom. The van der Waals surface area contributed by atoms with Crippen LogP contribution in [0.3, 0.4) is 0 Å². The standard InChI is InChI=1S/C14H22N2O4S/c1-4-8-11(15-3)13(5-2)21(19,20)14-10-7-6-9-12(14)16(17)18/h6-7,9-11,13,15H,4-5,8H2,1-3H3. The fraction of sp³-hybridized carbons (Fsp3) is 0.571. The molecule has 0 radical (unpaired) electrons. The Morgan fingerprint density at radius 3 is 2.38 bits per heavy atom. The van der Waals surface area contributed by atoms with Crippen molar-refractivity contribution in [2.75, 3.05) is 7.05 Å². The number of para-hydroxylation sites is 1. The second-order valence-electron chi connectivity index (χ2n) is 4.90. The quantitative estimate of drug-likeness (QED) is 0.588. The van der Waals surface area contributed by atoms with E-state index in [4.69, 9.17) is 0 Å². The van der Waals surface area contributed by atoms with Crippen LogP contribution in [0.15, 0.2) is 29.2 Å². The number of hydrogen-bond donors (Lipinski definition) is 1. The van der Waals surface area contributed by atoms with Crippen molar-refractivity contribution in [3.63, 3.8) is 0 Å². The molecule has 1 rings (SSSR count). The summed E-state index contributed by atoms with van der Waals surface area (Å²) in [5.41, 5.74) is -0.359. The first-order valence-electron chi connectivity index (χ1n) is 7.04. The van der Waals surface area contributed by atoms with Crippen LogP contribution >= 0.6 is 0 Å². The summed E-state index contributed by atoms with van der Waals surface area (Å²) in [5, 5.41) is 13.4. The molecule has 7 heteroatoms. The van der Waals surface area contributed by atoms with Gasteiger partial charge in [-0.1, -0.05) is 32.4 Å². The highest BCUT2D eigenvalue weighted by atomic mass is 32.2. The summed E-state index contributed by atoms with van der Waals surface area (Å²) < 4.78 is 25.6. The van der Waals surface area contributed by atoms with Crippen molar-refractivity contribution in [3.05, 3.63) is 34.4 Å². The lowest BCUT2D eigenvalue weighted by Gasteiger charge is -2.25. The van der Waals surface area contributed by atoms with Crippen molar-refractivity contribution in [2.45, 2.75) is 49.3 Å². The van der Waals surface area contributed by atoms with Crippen LogP contribution < -0.4 is 5.32 Å². The Morgan fingerprint density at radius 2 is 1.90 bits per heavy atom. The lowest BCUT2D eigenvalue weighted by molar-refractivity contribution is -0.387. The smallest absolute Gasteiger partial charge is 0.287 e. The van der Waals surface area contributed by atoms with Gasteiger partial charge in [0.1, 0.15) is 4.90 Å². The predicted octanol–water partition coefficient (Wildman–Crippen LogP) is 2.54. The van der Waals surface area contributed by atoms with Gasteiger partial charge in [0.2, 0.25) is 0 Å². The summed E-state index contributed by atoms with van der Waals surface area (Å²) in [7, 11) is -2.04. The Hall–Kier alpha value is -1.47. The third kappa shape index (κ3) is 3.79. The molecule has 118 valence electrons. The molecule has 6 nitrogen and oxygen atoms in total. The monoisotopic (exact) mass is 314 g/mol. The van der Waals surface area contributed by atoms with Gasteiger partial charge >= 0.3 is 0 Å². The third-order valence-corrected chi connectivity index (χ3v) is 6.01. The minimum absolute atomic E-state index is 0.196. The van der Waals surface area contributed by atoms with Crippen molar-refractivity contribution in [1.82, 2.24) is 5.32 Å². The first-order valence-corrected chi connectivity index (χ1v) is 8.59. The zero-order chi connectivity index (χ0) is 16.0. The average Bonchev–Trinajstić information content (AvgIpc) is 2.46. The molecular weight excluding hydrogens is 292 g/mol. The number of nitro groups is 1. The van der Waals surface area contributed by atoms with Gasteiger partial charge in [-0.3, -0.25) is 10.1 Å². The first kappa shape index (κ1) is 17.6. The minimum Gasteiger partial charge on any atom is -0.316 e. The molecule has 0 heterocycles. The maximum Gasteiger partial charge on any atom is 0.287 e. The third-order valence-electron chi connectivity index (χ3n) is 3.59. The van der Waals surface area contributed by atoms with Crippen LogP contribution in [0.4, 0.5) is 5.69 Å². The number of nitrogens with one attached hydrogen (secondary N) is 1. The van der Waals surface area contributed by atoms with Gasteiger partial charge in [-0.25, -0.2) is 8.42 Å². The van der Waals surface area contributed by atoms with Crippen LogP contribution in [0.2, 0.25) is 0 Å². The van der Waals surface area contributed by atoms with E-state index in [9.17, 15) is 18.5 Å². The zero-order valence-corrected chi connectivity index (χ0v) is 13.4. The van der Waals surface area contributed by atoms with E-state index >= 15 is 0 Å². The normalized spacial score (nSPS) is 14.6. The second-order valence-corrected chi connectivity index (χ2v) is 7.04. The second kappa shape index (κ2) is 7.51. The minimum atomic E-state index is -3.76. The molecule has 2 unspecified atom stereocenters. The van der Waals surface area contributed by atoms with Crippen molar-refractivity contribution in [3.8, 4) is 0 Å². The van der Waals surface area contributed by atoms with Crippen molar-refractivity contribution < 1.29 is 13.3 Å². The molecule has 0 aliphatic heterocycles. The molecule has 0 saturated carbocycles. The molecule has 0 aliphatic rings. The summed E-state index contributed by atoms with van der Waals surface area (Å²) in [5.74, 6) is 0. The molecule has 1 N–H and O–H groups in total. The van der Waals surface area contributed by atoms with E-state index in [1.54, 1.807) is 14.0 Å². The van der Waals surface area contributed by atoms with Crippen LogP contribution in [0, 0.1) is 10.1 Å². The Bertz CT molecular complexity index is 586. The number of sulfone groups is 1. The molecule has 1 aromatic carbocycles. The van der Waals surface area contributed by atoms with E-state index in [2.05, 4.69) is 5.32 Å². The number of nitro benzene ring substituents is 1. The molecule has 2 atom stereocenters. The molecular formula is C14H22N2O4S. The number of rotatable bonds is 8. The van der Waals surface area contributed by atoms with E-state index in [0.717, 1.165) is 6.42 Å². The number of benzene rings is 1. The molecule has 0 fully saturated rings. The van der Waals surface area contributed by atoms with Crippen LogP contribution in [0.5, 0.6) is 0 Å². The van der Waals surface area contributed by atoms with Gasteiger partial charge in [0, 0.05) is 12.1 Å². The molecule has 0 aromatic heterocycles. The molecule has 0 spiro atoms. The van der Waals surface area contributed by atoms with Crippen LogP contribution in [0.1, 0.15) is 33.1 Å². The zero-order valence-electron chi connectivity index (χ0n) is 12.6. The van der Waals surface area contributed by atoms with E-state index in [1.807, 2.05) is 6.92 Å². The number of hydrogen-bond acceptors (Lipinski definition) is 5. The summed E-state index contributed by atoms with van der Waals surface area (Å²) in [6, 6.07) is 5.31. The highest BCUT2D eigenvalue weighted by Crippen LogP contribution is 2.29. The summed E-state index contributed by atoms with van der Waals surface area (Å²) >= 11 is 0. The summed E-state index contributed by atoms with van der Waals surface area (Å²) in [6.07, 6.45) is 1.95. The largest absolute Gasteiger partial charge is 0.316 e. The van der Waals surface area contributed by atoms with Crippen LogP contribution in [-0.2, 0) is 9.84 Å². The van der Waals surface area contributed by atoms with Crippen LogP contribution in [-0.4, -0.2) is 31.7 Å². The maximum atomic E-state index is 12.8. The topological polar surface area (TPSA) is 89.3 Å². The summed E-state index contributed by atoms with van der Waals surface area (Å²) in [6.45, 7) is 3.77. The molecule has 0 saturated heterocycles. The lowest BCUT2D eigenvalue weighted by atomic mass is 10.1. The predicted molar refractivity (Wildman–Crippen MR) is 82.1 cm³/mol. The highest BCUT2D eigenvalue weighted by molar-refractivity contribution is 7.92. The van der Waals surface area contributed by atoms with Gasteiger partial charge in [0.25, 0.3) is 5.69 Å². The van der Waals surface area contributed by atoms with Gasteiger partial charge in [0.05, 0.1) is 10.2 Å². The van der Waals surface area contributed by atoms with Gasteiger partial charge < -0.3 is 5.32 Å². The average molecular weight is 314 g/mol. The first-order chi connectivity index (χ1) is 9.89. The van der Waals surface area contributed by atoms with Gasteiger partial charge in [-0.15, -0.1) is 0 Å². The van der Waals surface area contributed by atoms with Crippen molar-refractivity contribution >= 4 is 15.5 Å². The lowest BCUT2D eigenvalue weighted by Crippen LogP contribution is -2.42. The van der Waals surface area contributed by atoms with Gasteiger partial charge in [-0.2, -0.15) is 0 Å². The molecule has 1 aromatic rings. The fourth-order valence-electron chi connectivity index (χ4n) is 2.56.